The number of benzene rings is 1. The van der Waals surface area contributed by atoms with E-state index in [0.717, 1.165) is 65.9 Å². The first kappa shape index (κ1) is 31.5. The zero-order valence-electron chi connectivity index (χ0n) is 26.7. The van der Waals surface area contributed by atoms with Crippen molar-refractivity contribution >= 4 is 39.1 Å². The summed E-state index contributed by atoms with van der Waals surface area (Å²) in [5.41, 5.74) is 5.82. The molecule has 5 aromatic rings. The first-order chi connectivity index (χ1) is 22.7. The Balaban J connectivity index is 1.07. The average Bonchev–Trinajstić information content (AvgIpc) is 3.69. The third-order valence-electron chi connectivity index (χ3n) is 9.57. The molecule has 0 bridgehead atoms. The van der Waals surface area contributed by atoms with Crippen molar-refractivity contribution in [2.45, 2.75) is 64.5 Å². The summed E-state index contributed by atoms with van der Waals surface area (Å²) in [6.07, 6.45) is 8.71. The maximum atomic E-state index is 13.9. The number of piperidine rings is 1. The van der Waals surface area contributed by atoms with Gasteiger partial charge in [0.25, 0.3) is 5.56 Å². The van der Waals surface area contributed by atoms with Gasteiger partial charge in [-0.15, -0.1) is 11.3 Å². The number of ether oxygens (including phenoxy) is 1. The van der Waals surface area contributed by atoms with E-state index in [4.69, 9.17) is 21.3 Å². The summed E-state index contributed by atoms with van der Waals surface area (Å²) >= 11 is 7.77. The number of thiophene rings is 1. The SMILES string of the molecule is Cc1cc(-c2cc(Cl)ccc2OCCn2c(C)nc3c(c2=O)C[C@H](N2CCC(c4cn(C)cn4)CC2)CC3)c2scc(C(=O)O)c2n1. The van der Waals surface area contributed by atoms with Crippen molar-refractivity contribution in [3.63, 3.8) is 0 Å². The van der Waals surface area contributed by atoms with Crippen LogP contribution in [0.4, 0.5) is 0 Å². The molecule has 0 unspecified atom stereocenters. The highest BCUT2D eigenvalue weighted by Crippen LogP contribution is 2.40. The molecule has 0 radical (unpaired) electrons. The lowest BCUT2D eigenvalue weighted by Gasteiger charge is -2.39. The summed E-state index contributed by atoms with van der Waals surface area (Å²) < 4.78 is 10.8. The molecule has 4 aromatic heterocycles. The number of carboxylic acid groups (broad SMARTS) is 1. The Morgan fingerprint density at radius 3 is 2.68 bits per heavy atom. The maximum Gasteiger partial charge on any atom is 0.338 e. The van der Waals surface area contributed by atoms with E-state index in [-0.39, 0.29) is 17.7 Å². The predicted molar refractivity (Wildman–Crippen MR) is 183 cm³/mol. The van der Waals surface area contributed by atoms with Crippen LogP contribution < -0.4 is 10.3 Å². The number of hydrogen-bond donors (Lipinski definition) is 1. The van der Waals surface area contributed by atoms with E-state index in [1.807, 2.05) is 50.0 Å². The summed E-state index contributed by atoms with van der Waals surface area (Å²) in [6, 6.07) is 7.66. The van der Waals surface area contributed by atoms with Crippen LogP contribution in [0.3, 0.4) is 0 Å². The van der Waals surface area contributed by atoms with Gasteiger partial charge in [-0.05, 0) is 83.3 Å². The van der Waals surface area contributed by atoms with Crippen LogP contribution in [-0.2, 0) is 26.4 Å². The quantitative estimate of drug-likeness (QED) is 0.212. The fraction of sp³-hybridized carbons (Fsp3) is 0.400. The maximum absolute atomic E-state index is 13.9. The third kappa shape index (κ3) is 6.19. The van der Waals surface area contributed by atoms with E-state index < -0.39 is 5.97 Å². The van der Waals surface area contributed by atoms with Crippen LogP contribution >= 0.6 is 22.9 Å². The third-order valence-corrected chi connectivity index (χ3v) is 10.8. The molecule has 0 saturated carbocycles. The molecular weight excluding hydrogens is 636 g/mol. The van der Waals surface area contributed by atoms with Gasteiger partial charge in [-0.3, -0.25) is 19.2 Å². The first-order valence-electron chi connectivity index (χ1n) is 16.0. The number of imidazole rings is 1. The van der Waals surface area contributed by atoms with E-state index in [1.165, 1.54) is 17.0 Å². The van der Waals surface area contributed by atoms with E-state index in [9.17, 15) is 14.7 Å². The molecule has 2 aliphatic rings. The topological polar surface area (TPSA) is 115 Å². The Kier molecular flexibility index (Phi) is 8.63. The zero-order valence-corrected chi connectivity index (χ0v) is 28.3. The van der Waals surface area contributed by atoms with Crippen LogP contribution in [0.15, 0.2) is 47.0 Å². The van der Waals surface area contributed by atoms with Gasteiger partial charge in [0.2, 0.25) is 0 Å². The van der Waals surface area contributed by atoms with Gasteiger partial charge in [0.05, 0.1) is 40.0 Å². The smallest absolute Gasteiger partial charge is 0.338 e. The molecule has 1 atom stereocenters. The van der Waals surface area contributed by atoms with Crippen LogP contribution in [0.25, 0.3) is 21.3 Å². The minimum atomic E-state index is -1.01. The fourth-order valence-electron chi connectivity index (χ4n) is 7.16. The Labute approximate surface area is 281 Å². The van der Waals surface area contributed by atoms with Gasteiger partial charge in [0.1, 0.15) is 18.2 Å². The van der Waals surface area contributed by atoms with Gasteiger partial charge in [-0.25, -0.2) is 14.8 Å². The lowest BCUT2D eigenvalue weighted by atomic mass is 9.87. The molecule has 1 aliphatic carbocycles. The fourth-order valence-corrected chi connectivity index (χ4v) is 8.35. The second-order valence-corrected chi connectivity index (χ2v) is 14.0. The molecule has 47 heavy (non-hydrogen) atoms. The van der Waals surface area contributed by atoms with Crippen molar-refractivity contribution in [3.05, 3.63) is 91.6 Å². The second-order valence-electron chi connectivity index (χ2n) is 12.6. The van der Waals surface area contributed by atoms with E-state index >= 15 is 0 Å². The highest BCUT2D eigenvalue weighted by molar-refractivity contribution is 7.18. The molecule has 1 aromatic carbocycles. The normalized spacial score (nSPS) is 17.2. The number of pyridine rings is 1. The van der Waals surface area contributed by atoms with Crippen LogP contribution in [0.5, 0.6) is 5.75 Å². The molecule has 1 saturated heterocycles. The van der Waals surface area contributed by atoms with Crippen LogP contribution in [0.1, 0.15) is 64.0 Å². The number of aryl methyl sites for hydroxylation is 4. The Bertz CT molecular complexity index is 2040. The number of hydrogen-bond acceptors (Lipinski definition) is 8. The molecule has 10 nitrogen and oxygen atoms in total. The largest absolute Gasteiger partial charge is 0.491 e. The Morgan fingerprint density at radius 1 is 1.13 bits per heavy atom. The average molecular weight is 673 g/mol. The number of aromatic nitrogens is 5. The Morgan fingerprint density at radius 2 is 1.94 bits per heavy atom. The molecular formula is C35H37ClN6O4S. The van der Waals surface area contributed by atoms with Crippen LogP contribution in [-0.4, -0.2) is 65.8 Å². The van der Waals surface area contributed by atoms with Crippen molar-refractivity contribution < 1.29 is 14.6 Å². The summed E-state index contributed by atoms with van der Waals surface area (Å²) in [5, 5.41) is 11.8. The first-order valence-corrected chi connectivity index (χ1v) is 17.3. The van der Waals surface area contributed by atoms with Gasteiger partial charge in [0.15, 0.2) is 0 Å². The summed E-state index contributed by atoms with van der Waals surface area (Å²) in [6.45, 7) is 6.34. The zero-order chi connectivity index (χ0) is 32.8. The van der Waals surface area contributed by atoms with E-state index in [2.05, 4.69) is 21.1 Å². The van der Waals surface area contributed by atoms with Crippen molar-refractivity contribution in [1.82, 2.24) is 29.0 Å². The van der Waals surface area contributed by atoms with Gasteiger partial charge >= 0.3 is 5.97 Å². The molecule has 244 valence electrons. The highest BCUT2D eigenvalue weighted by atomic mass is 35.5. The molecule has 0 spiro atoms. The van der Waals surface area contributed by atoms with Crippen LogP contribution in [0, 0.1) is 13.8 Å². The lowest BCUT2D eigenvalue weighted by Crippen LogP contribution is -2.46. The molecule has 7 rings (SSSR count). The van der Waals surface area contributed by atoms with Gasteiger partial charge < -0.3 is 14.4 Å². The molecule has 12 heteroatoms. The van der Waals surface area contributed by atoms with Crippen molar-refractivity contribution in [2.75, 3.05) is 19.7 Å². The number of nitrogens with zero attached hydrogens (tertiary/aromatic N) is 6. The van der Waals surface area contributed by atoms with Gasteiger partial charge in [-0.1, -0.05) is 11.6 Å². The lowest BCUT2D eigenvalue weighted by molar-refractivity contribution is 0.0699. The standard InChI is InChI=1S/C35H37ClN6O4S/c1-20-14-26(33-32(38-20)28(18-47-33)35(44)45)25-15-23(36)4-7-31(25)46-13-12-42-21(2)39-29-6-5-24(16-27(29)34(42)43)41-10-8-22(9-11-41)30-17-40(3)19-37-30/h4,7,14-15,17-19,22,24H,5-6,8-13,16H2,1-3H3,(H,44,45)/t24-/m1/s1. The molecule has 5 heterocycles. The molecule has 1 fully saturated rings. The predicted octanol–water partition coefficient (Wildman–Crippen LogP) is 6.04. The van der Waals surface area contributed by atoms with E-state index in [0.29, 0.717) is 52.7 Å². The minimum Gasteiger partial charge on any atom is -0.491 e. The van der Waals surface area contributed by atoms with Crippen LogP contribution in [0.2, 0.25) is 5.02 Å². The summed E-state index contributed by atoms with van der Waals surface area (Å²) in [5.74, 6) is 0.762. The minimum absolute atomic E-state index is 0.0201. The van der Waals surface area contributed by atoms with Crippen molar-refractivity contribution in [3.8, 4) is 16.9 Å². The number of carboxylic acids is 1. The second kappa shape index (κ2) is 12.9. The Hall–Kier alpha value is -4.06. The number of halogens is 1. The molecule has 1 aliphatic heterocycles. The summed E-state index contributed by atoms with van der Waals surface area (Å²) in [4.78, 5) is 42.2. The molecule has 0 amide bonds. The number of aromatic carboxylic acids is 1. The van der Waals surface area contributed by atoms with E-state index in [1.54, 1.807) is 16.0 Å². The highest BCUT2D eigenvalue weighted by Gasteiger charge is 2.31. The van der Waals surface area contributed by atoms with Gasteiger partial charge in [0, 0.05) is 58.0 Å². The number of carbonyl (C=O) groups is 1. The van der Waals surface area contributed by atoms with Gasteiger partial charge in [-0.2, -0.15) is 0 Å². The van der Waals surface area contributed by atoms with Crippen molar-refractivity contribution in [1.29, 1.82) is 0 Å². The monoisotopic (exact) mass is 672 g/mol. The number of likely N-dealkylation sites (tertiary alicyclic amines) is 1. The summed E-state index contributed by atoms with van der Waals surface area (Å²) in [7, 11) is 2.01. The number of rotatable bonds is 8. The number of fused-ring (bicyclic) bond motifs is 2. The molecule has 1 N–H and O–H groups in total. The van der Waals surface area contributed by atoms with Crippen molar-refractivity contribution in [2.24, 2.45) is 7.05 Å².